The zero-order valence-electron chi connectivity index (χ0n) is 64.8. The van der Waals surface area contributed by atoms with Gasteiger partial charge in [-0.1, -0.05) is 59.9 Å². The number of likely N-dealkylation sites (N-methyl/N-ethyl adjacent to an activating group) is 2. The molecule has 0 bridgehead atoms. The third kappa shape index (κ3) is 41.0. The molecule has 3 aromatic carbocycles. The first-order valence-electron chi connectivity index (χ1n) is 35.6. The summed E-state index contributed by atoms with van der Waals surface area (Å²) in [5.41, 5.74) is 11.4. The van der Waals surface area contributed by atoms with Crippen molar-refractivity contribution in [2.75, 3.05) is 76.4 Å². The number of hydrogen-bond donors (Lipinski definition) is 10. The first kappa shape index (κ1) is 96.5. The number of benzene rings is 3. The Morgan fingerprint density at radius 3 is 1.46 bits per heavy atom. The molecule has 10 N–H and O–H groups in total. The summed E-state index contributed by atoms with van der Waals surface area (Å²) in [6, 6.07) is 28.3. The molecule has 600 valence electrons. The molecule has 3 aliphatic heterocycles. The van der Waals surface area contributed by atoms with Crippen molar-refractivity contribution in [3.05, 3.63) is 188 Å². The number of imide groups is 3. The molecule has 5 aromatic rings. The predicted octanol–water partition coefficient (Wildman–Crippen LogP) is 7.20. The Kier molecular flexibility index (Phi) is 49.8. The summed E-state index contributed by atoms with van der Waals surface area (Å²) in [4.78, 5) is 130. The van der Waals surface area contributed by atoms with E-state index in [0.29, 0.717) is 92.3 Å². The fourth-order valence-electron chi connectivity index (χ4n) is 8.43. The van der Waals surface area contributed by atoms with Crippen LogP contribution in [-0.2, 0) is 57.6 Å². The first-order valence-corrected chi connectivity index (χ1v) is 35.6. The van der Waals surface area contributed by atoms with Gasteiger partial charge in [0.05, 0.1) is 43.1 Å². The molecule has 5 heterocycles. The molecule has 1 saturated heterocycles. The minimum atomic E-state index is -1.54. The SMILES string of the molecule is C=C(NCC)NN1C(=O)C=CC1=O.C=C(NN1C(=O)C=CC1=O)C(=O)CC.C=C(NN1C(=O)CCC1=O)OCC.CCC(=O)C(C)CNc1ccc(C=O)cc1.CCNC(C)CNc1ccc(C=O)cc1.CCNC(C)COc1ccco1.CCOC(C)COc1ccco1.CCOOC(=O)c1ccc(B(O)O)cc1. The van der Waals surface area contributed by atoms with E-state index in [9.17, 15) is 52.7 Å². The van der Waals surface area contributed by atoms with Gasteiger partial charge in [-0.3, -0.25) is 69.1 Å². The molecule has 4 unspecified atom stereocenters. The van der Waals surface area contributed by atoms with Gasteiger partial charge in [0, 0.05) is 129 Å². The average molecular weight is 1530 g/mol. The van der Waals surface area contributed by atoms with Crippen LogP contribution in [0.25, 0.3) is 0 Å². The first-order chi connectivity index (χ1) is 52.6. The van der Waals surface area contributed by atoms with Crippen LogP contribution in [0.1, 0.15) is 140 Å². The van der Waals surface area contributed by atoms with E-state index in [-0.39, 0.29) is 90.2 Å². The number of hydrazine groups is 3. The van der Waals surface area contributed by atoms with Crippen molar-refractivity contribution < 1.29 is 100 Å². The second kappa shape index (κ2) is 56.8. The molecule has 2 aromatic heterocycles. The number of ketones is 2. The van der Waals surface area contributed by atoms with Crippen LogP contribution in [0.3, 0.4) is 0 Å². The second-order valence-corrected chi connectivity index (χ2v) is 23.2. The summed E-state index contributed by atoms with van der Waals surface area (Å²) in [5.74, 6) is -1.06. The monoisotopic (exact) mass is 1530 g/mol. The predicted molar refractivity (Wildman–Crippen MR) is 415 cm³/mol. The van der Waals surface area contributed by atoms with Gasteiger partial charge in [0.2, 0.25) is 11.8 Å². The maximum atomic E-state index is 11.3. The summed E-state index contributed by atoms with van der Waals surface area (Å²) in [7, 11) is -1.54. The fraction of sp³-hybridized carbons (Fsp3) is 0.390. The Hall–Kier alpha value is -11.5. The number of furan rings is 2. The van der Waals surface area contributed by atoms with Gasteiger partial charge in [-0.05, 0) is 146 Å². The van der Waals surface area contributed by atoms with E-state index in [1.807, 2.05) is 77.1 Å². The van der Waals surface area contributed by atoms with Crippen molar-refractivity contribution in [3.8, 4) is 11.9 Å². The zero-order chi connectivity index (χ0) is 82.3. The minimum absolute atomic E-state index is 0.0238. The molecule has 0 saturated carbocycles. The molecule has 33 heteroatoms. The van der Waals surface area contributed by atoms with Crippen molar-refractivity contribution in [2.45, 2.75) is 127 Å². The van der Waals surface area contributed by atoms with Crippen molar-refractivity contribution in [3.63, 3.8) is 0 Å². The van der Waals surface area contributed by atoms with Gasteiger partial charge < -0.3 is 64.4 Å². The van der Waals surface area contributed by atoms with Gasteiger partial charge in [0.15, 0.2) is 11.7 Å². The lowest BCUT2D eigenvalue weighted by Gasteiger charge is -2.18. The van der Waals surface area contributed by atoms with E-state index in [4.69, 9.17) is 37.8 Å². The lowest BCUT2D eigenvalue weighted by atomic mass is 9.80. The number of carbonyl (C=O) groups excluding carboxylic acids is 11. The number of rotatable bonds is 38. The largest absolute Gasteiger partial charge is 0.488 e. The summed E-state index contributed by atoms with van der Waals surface area (Å²) in [6.45, 7) is 40.4. The molecule has 0 radical (unpaired) electrons. The number of hydrogen-bond acceptors (Lipinski definition) is 29. The van der Waals surface area contributed by atoms with E-state index < -0.39 is 24.9 Å². The number of carbonyl (C=O) groups is 11. The maximum absolute atomic E-state index is 11.3. The fourth-order valence-corrected chi connectivity index (χ4v) is 8.43. The normalized spacial score (nSPS) is 13.1. The minimum Gasteiger partial charge on any atom is -0.479 e. The van der Waals surface area contributed by atoms with E-state index in [1.165, 1.54) is 36.4 Å². The molecule has 6 amide bonds. The quantitative estimate of drug-likeness (QED) is 0.00355. The molecule has 32 nitrogen and oxygen atoms in total. The Balaban J connectivity index is 0.000000630. The van der Waals surface area contributed by atoms with E-state index in [0.717, 1.165) is 70.8 Å². The lowest BCUT2D eigenvalue weighted by molar-refractivity contribution is -0.236. The highest BCUT2D eigenvalue weighted by Gasteiger charge is 2.30. The van der Waals surface area contributed by atoms with Crippen LogP contribution in [-0.4, -0.2) is 182 Å². The van der Waals surface area contributed by atoms with Crippen LogP contribution in [0.15, 0.2) is 180 Å². The number of aldehydes is 2. The van der Waals surface area contributed by atoms with Gasteiger partial charge in [0.1, 0.15) is 37.4 Å². The lowest BCUT2D eigenvalue weighted by Crippen LogP contribution is -2.44. The zero-order valence-corrected chi connectivity index (χ0v) is 64.8. The molecule has 4 atom stereocenters. The van der Waals surface area contributed by atoms with Crippen LogP contribution < -0.4 is 57.8 Å². The van der Waals surface area contributed by atoms with Crippen LogP contribution in [0, 0.1) is 5.92 Å². The number of Topliss-reactive ketones (excluding diaryl/α,β-unsaturated/α-hetero) is 2. The Bertz CT molecular complexity index is 3550. The molecule has 110 heavy (non-hydrogen) atoms. The van der Waals surface area contributed by atoms with Crippen LogP contribution in [0.4, 0.5) is 11.4 Å². The number of anilines is 2. The number of amides is 6. The number of nitrogens with zero attached hydrogens (tertiary/aromatic N) is 3. The van der Waals surface area contributed by atoms with Crippen LogP contribution in [0.5, 0.6) is 11.9 Å². The molecule has 1 fully saturated rings. The third-order valence-corrected chi connectivity index (χ3v) is 14.2. The smallest absolute Gasteiger partial charge is 0.479 e. The summed E-state index contributed by atoms with van der Waals surface area (Å²) in [5, 5.41) is 36.1. The van der Waals surface area contributed by atoms with Gasteiger partial charge in [-0.25, -0.2) is 4.79 Å². The highest BCUT2D eigenvalue weighted by molar-refractivity contribution is 6.58. The summed E-state index contributed by atoms with van der Waals surface area (Å²) >= 11 is 0. The highest BCUT2D eigenvalue weighted by Crippen LogP contribution is 2.15. The summed E-state index contributed by atoms with van der Waals surface area (Å²) < 4.78 is 30.8. The topological polar surface area (TPSA) is 416 Å². The summed E-state index contributed by atoms with van der Waals surface area (Å²) in [6.07, 6.45) is 11.0. The van der Waals surface area contributed by atoms with Crippen LogP contribution >= 0.6 is 0 Å². The molecular weight excluding hydrogens is 1430 g/mol. The number of nitrogens with one attached hydrogen (secondary N) is 8. The highest BCUT2D eigenvalue weighted by atomic mass is 17.2. The number of ether oxygens (including phenoxy) is 4. The molecule has 0 spiro atoms. The maximum Gasteiger partial charge on any atom is 0.488 e. The van der Waals surface area contributed by atoms with Gasteiger partial charge in [0.25, 0.3) is 35.5 Å². The third-order valence-electron chi connectivity index (χ3n) is 14.2. The average Bonchev–Trinajstić information content (AvgIpc) is 1.13. The molecule has 8 rings (SSSR count). The Labute approximate surface area is 643 Å². The van der Waals surface area contributed by atoms with E-state index in [1.54, 1.807) is 63.6 Å². The van der Waals surface area contributed by atoms with Crippen LogP contribution in [0.2, 0.25) is 0 Å². The molecule has 0 aliphatic carbocycles. The second-order valence-electron chi connectivity index (χ2n) is 23.2. The number of allylic oxidation sites excluding steroid dienone is 1. The van der Waals surface area contributed by atoms with Gasteiger partial charge >= 0.3 is 13.1 Å². The van der Waals surface area contributed by atoms with Crippen molar-refractivity contribution in [1.82, 2.24) is 47.3 Å². The molecule has 3 aliphatic rings. The Morgan fingerprint density at radius 2 is 1.05 bits per heavy atom. The Morgan fingerprint density at radius 1 is 0.564 bits per heavy atom. The molecular formula is C77H108BN11O21. The van der Waals surface area contributed by atoms with Gasteiger partial charge in [-0.15, -0.1) is 0 Å². The van der Waals surface area contributed by atoms with Crippen molar-refractivity contribution in [1.29, 1.82) is 0 Å². The van der Waals surface area contributed by atoms with E-state index >= 15 is 0 Å². The van der Waals surface area contributed by atoms with E-state index in [2.05, 4.69) is 100 Å². The standard InChI is InChI=1S/C13H17NO2.C12H18N2O.C9H11BO5.C9H10N2O3.C9H15NO2.C9H14O3.C8H11N3O2.C8H12N2O3/c1-3-13(16)10(2)8-14-12-6-4-11(9-15)5-7-12;1-3-13-10(2)8-14-12-6-4-11(9-15)5-7-12;1-2-14-15-9(11)7-3-5-8(6-4-7)10(12)13;1-3-7(12)6(2)10-11-8(13)4-5-9(11)14;2*1-3-10-8(2)7-12-9-5-4-6-11-9;1-3-9-6(2)10-11-7(12)4-5-8(11)13;1-3-13-6(2)9-10-7(11)4-5-8(10)12/h4-7,9-10,14H,3,8H2,1-2H3;4-7,9-10,13-14H,3,8H2,1-2H3;3-6,12-13H,2H2,1H3;4-5,10H,2-3H2,1H3;4-6,8,10H,3,7H2,1-2H3;4-6,8H,3,7H2,1-2H3;4-5,9-10H,2-3H2,1H3;9H,2-5H2,1H3. The van der Waals surface area contributed by atoms with Gasteiger partial charge in [-0.2, -0.15) is 19.9 Å². The van der Waals surface area contributed by atoms with Crippen molar-refractivity contribution >= 4 is 89.5 Å². The van der Waals surface area contributed by atoms with Crippen molar-refractivity contribution in [2.24, 2.45) is 5.92 Å².